The average molecular weight is 603 g/mol. The number of benzene rings is 2. The van der Waals surface area contributed by atoms with Gasteiger partial charge in [-0.3, -0.25) is 0 Å². The molecule has 0 spiro atoms. The second kappa shape index (κ2) is 11.8. The standard InChI is InChI=1S/C29H30O14/c1-2-17-27(40-12-18-25(36)39-7-6-29(17,18)38)43-28-24(23(35)22(34)20(11-30)41-28)42-26(37)21-16(9-15(32)10-19(21)33)13-4-3-5-14(31)8-13/h2-5,8-10,12,17,20,22-24,27-28,30-35,38H,1,6-7,11H2/t17-,20+,22+,23-,24+,27+,28-,29+/m0/s1. The summed E-state index contributed by atoms with van der Waals surface area (Å²) in [6, 6.07) is 7.63. The number of hydrogen-bond acceptors (Lipinski definition) is 14. The summed E-state index contributed by atoms with van der Waals surface area (Å²) in [5.41, 5.74) is -2.25. The van der Waals surface area contributed by atoms with Crippen LogP contribution in [0.1, 0.15) is 16.8 Å². The topological polar surface area (TPSA) is 222 Å². The van der Waals surface area contributed by atoms with E-state index in [1.807, 2.05) is 0 Å². The lowest BCUT2D eigenvalue weighted by Gasteiger charge is -2.47. The molecule has 5 rings (SSSR count). The minimum atomic E-state index is -1.90. The molecule has 2 saturated heterocycles. The van der Waals surface area contributed by atoms with E-state index < -0.39 is 84.1 Å². The maximum absolute atomic E-state index is 13.5. The van der Waals surface area contributed by atoms with Gasteiger partial charge in [-0.25, -0.2) is 9.59 Å². The zero-order valence-corrected chi connectivity index (χ0v) is 22.5. The van der Waals surface area contributed by atoms with Crippen LogP contribution in [0.4, 0.5) is 0 Å². The quantitative estimate of drug-likeness (QED) is 0.166. The van der Waals surface area contributed by atoms with Crippen molar-refractivity contribution in [2.45, 2.75) is 49.0 Å². The molecular weight excluding hydrogens is 572 g/mol. The zero-order chi connectivity index (χ0) is 31.1. The normalized spacial score (nSPS) is 32.0. The van der Waals surface area contributed by atoms with E-state index >= 15 is 0 Å². The van der Waals surface area contributed by atoms with E-state index in [1.165, 1.54) is 30.3 Å². The highest BCUT2D eigenvalue weighted by Gasteiger charge is 2.55. The van der Waals surface area contributed by atoms with Crippen LogP contribution < -0.4 is 0 Å². The summed E-state index contributed by atoms with van der Waals surface area (Å²) in [6.45, 7) is 2.83. The molecule has 2 aromatic carbocycles. The van der Waals surface area contributed by atoms with Crippen LogP contribution in [0.2, 0.25) is 0 Å². The summed E-state index contributed by atoms with van der Waals surface area (Å²) in [5.74, 6) is -4.40. The van der Waals surface area contributed by atoms with E-state index in [-0.39, 0.29) is 35.5 Å². The lowest BCUT2D eigenvalue weighted by molar-refractivity contribution is -0.343. The molecule has 14 heteroatoms. The van der Waals surface area contributed by atoms with Gasteiger partial charge in [0.2, 0.25) is 12.6 Å². The fourth-order valence-electron chi connectivity index (χ4n) is 5.39. The Hall–Kier alpha value is -4.18. The number of ether oxygens (including phenoxy) is 5. The highest BCUT2D eigenvalue weighted by atomic mass is 16.8. The Kier molecular flexibility index (Phi) is 8.34. The molecular formula is C29H30O14. The number of esters is 2. The van der Waals surface area contributed by atoms with Crippen molar-refractivity contribution in [1.29, 1.82) is 0 Å². The fraction of sp³-hybridized carbons (Fsp3) is 0.379. The first-order valence-corrected chi connectivity index (χ1v) is 13.2. The molecule has 2 aromatic rings. The molecule has 7 N–H and O–H groups in total. The van der Waals surface area contributed by atoms with Gasteiger partial charge in [-0.1, -0.05) is 18.2 Å². The van der Waals surface area contributed by atoms with Crippen molar-refractivity contribution in [3.05, 3.63) is 66.5 Å². The van der Waals surface area contributed by atoms with Crippen molar-refractivity contribution in [3.8, 4) is 28.4 Å². The average Bonchev–Trinajstić information content (AvgIpc) is 2.96. The van der Waals surface area contributed by atoms with Crippen LogP contribution in [-0.2, 0) is 28.5 Å². The lowest BCUT2D eigenvalue weighted by atomic mass is 9.76. The van der Waals surface area contributed by atoms with E-state index in [2.05, 4.69) is 6.58 Å². The Morgan fingerprint density at radius 1 is 1.09 bits per heavy atom. The second-order valence-corrected chi connectivity index (χ2v) is 10.3. The molecule has 0 aliphatic carbocycles. The number of hydrogen-bond donors (Lipinski definition) is 7. The van der Waals surface area contributed by atoms with Gasteiger partial charge in [0.1, 0.15) is 52.3 Å². The molecule has 14 nitrogen and oxygen atoms in total. The third-order valence-corrected chi connectivity index (χ3v) is 7.62. The van der Waals surface area contributed by atoms with Gasteiger partial charge in [-0.15, -0.1) is 6.58 Å². The second-order valence-electron chi connectivity index (χ2n) is 10.3. The van der Waals surface area contributed by atoms with E-state index in [4.69, 9.17) is 23.7 Å². The smallest absolute Gasteiger partial charge is 0.343 e. The summed E-state index contributed by atoms with van der Waals surface area (Å²) in [5, 5.41) is 73.2. The molecule has 3 heterocycles. The molecule has 2 fully saturated rings. The maximum Gasteiger partial charge on any atom is 0.343 e. The van der Waals surface area contributed by atoms with Crippen LogP contribution in [0.3, 0.4) is 0 Å². The number of phenolic OH excluding ortho intramolecular Hbond substituents is 3. The largest absolute Gasteiger partial charge is 0.508 e. The Labute approximate surface area is 244 Å². The van der Waals surface area contributed by atoms with Gasteiger partial charge in [-0.05, 0) is 23.8 Å². The Morgan fingerprint density at radius 2 is 1.86 bits per heavy atom. The van der Waals surface area contributed by atoms with Crippen LogP contribution in [0.25, 0.3) is 11.1 Å². The summed E-state index contributed by atoms with van der Waals surface area (Å²) in [7, 11) is 0. The maximum atomic E-state index is 13.5. The molecule has 0 saturated carbocycles. The van der Waals surface area contributed by atoms with Gasteiger partial charge in [0.15, 0.2) is 6.10 Å². The monoisotopic (exact) mass is 602 g/mol. The Bertz CT molecular complexity index is 1440. The van der Waals surface area contributed by atoms with Gasteiger partial charge in [0.25, 0.3) is 0 Å². The summed E-state index contributed by atoms with van der Waals surface area (Å²) in [6.07, 6.45) is -7.79. The molecule has 3 aliphatic heterocycles. The number of phenols is 3. The van der Waals surface area contributed by atoms with Gasteiger partial charge in [0.05, 0.1) is 25.4 Å². The number of aromatic hydroxyl groups is 3. The molecule has 0 unspecified atom stereocenters. The van der Waals surface area contributed by atoms with Gasteiger partial charge < -0.3 is 59.4 Å². The molecule has 8 atom stereocenters. The highest BCUT2D eigenvalue weighted by molar-refractivity contribution is 6.00. The summed E-state index contributed by atoms with van der Waals surface area (Å²) in [4.78, 5) is 25.8. The number of aliphatic hydroxyl groups is 4. The first-order chi connectivity index (χ1) is 20.5. The minimum Gasteiger partial charge on any atom is -0.508 e. The van der Waals surface area contributed by atoms with E-state index in [9.17, 15) is 45.3 Å². The number of rotatable bonds is 7. The third-order valence-electron chi connectivity index (χ3n) is 7.62. The van der Waals surface area contributed by atoms with Gasteiger partial charge in [-0.2, -0.15) is 0 Å². The first kappa shape index (κ1) is 30.3. The molecule has 0 radical (unpaired) electrons. The van der Waals surface area contributed by atoms with Crippen LogP contribution in [0.5, 0.6) is 17.2 Å². The van der Waals surface area contributed by atoms with Crippen molar-refractivity contribution in [3.63, 3.8) is 0 Å². The Balaban J connectivity index is 1.48. The van der Waals surface area contributed by atoms with Gasteiger partial charge in [0, 0.05) is 18.1 Å². The molecule has 0 bridgehead atoms. The predicted octanol–water partition coefficient (Wildman–Crippen LogP) is 0.172. The summed E-state index contributed by atoms with van der Waals surface area (Å²) < 4.78 is 27.6. The van der Waals surface area contributed by atoms with Crippen molar-refractivity contribution >= 4 is 11.9 Å². The van der Waals surface area contributed by atoms with Crippen LogP contribution in [0, 0.1) is 5.92 Å². The molecule has 0 aromatic heterocycles. The molecule has 230 valence electrons. The number of aliphatic hydroxyl groups excluding tert-OH is 3. The predicted molar refractivity (Wildman–Crippen MR) is 142 cm³/mol. The van der Waals surface area contributed by atoms with Crippen LogP contribution >= 0.6 is 0 Å². The minimum absolute atomic E-state index is 0.0209. The van der Waals surface area contributed by atoms with E-state index in [0.29, 0.717) is 0 Å². The highest BCUT2D eigenvalue weighted by Crippen LogP contribution is 2.43. The van der Waals surface area contributed by atoms with Crippen LogP contribution in [-0.4, -0.2) is 103 Å². The summed E-state index contributed by atoms with van der Waals surface area (Å²) >= 11 is 0. The number of carbonyl (C=O) groups excluding carboxylic acids is 2. The van der Waals surface area contributed by atoms with Crippen molar-refractivity contribution < 1.29 is 69.0 Å². The lowest BCUT2D eigenvalue weighted by Crippen LogP contribution is -2.62. The van der Waals surface area contributed by atoms with E-state index in [0.717, 1.165) is 18.4 Å². The van der Waals surface area contributed by atoms with E-state index in [1.54, 1.807) is 0 Å². The number of fused-ring (bicyclic) bond motifs is 1. The van der Waals surface area contributed by atoms with Crippen molar-refractivity contribution in [1.82, 2.24) is 0 Å². The molecule has 3 aliphatic rings. The molecule has 0 amide bonds. The Morgan fingerprint density at radius 3 is 2.56 bits per heavy atom. The van der Waals surface area contributed by atoms with Crippen LogP contribution in [0.15, 0.2) is 60.9 Å². The number of carbonyl (C=O) groups is 2. The SMILES string of the molecule is C=C[C@H]1[C@@H](O[C@@H]2O[C@H](CO)[C@@H](O)[C@H](O)[C@H]2OC(=O)c2c(O)cc(O)cc2-c2cccc(O)c2)OC=C2C(=O)OCC[C@]21O. The van der Waals surface area contributed by atoms with Crippen molar-refractivity contribution in [2.24, 2.45) is 5.92 Å². The number of cyclic esters (lactones) is 1. The molecule has 43 heavy (non-hydrogen) atoms. The fourth-order valence-corrected chi connectivity index (χ4v) is 5.39. The van der Waals surface area contributed by atoms with Gasteiger partial charge >= 0.3 is 11.9 Å². The third kappa shape index (κ3) is 5.51. The first-order valence-electron chi connectivity index (χ1n) is 13.2. The van der Waals surface area contributed by atoms with Crippen molar-refractivity contribution in [2.75, 3.05) is 13.2 Å². The zero-order valence-electron chi connectivity index (χ0n) is 22.5.